The van der Waals surface area contributed by atoms with Crippen LogP contribution in [0.3, 0.4) is 0 Å². The van der Waals surface area contributed by atoms with E-state index in [-0.39, 0.29) is 19.6 Å². The summed E-state index contributed by atoms with van der Waals surface area (Å²) in [6, 6.07) is -1.47. The van der Waals surface area contributed by atoms with Crippen LogP contribution >= 0.6 is 7.82 Å². The lowest BCUT2D eigenvalue weighted by Gasteiger charge is -2.20. The van der Waals surface area contributed by atoms with E-state index < -0.39 is 38.5 Å². The summed E-state index contributed by atoms with van der Waals surface area (Å²) in [6.45, 7) is 7.05. The third-order valence-corrected chi connectivity index (χ3v) is 6.34. The van der Waals surface area contributed by atoms with E-state index in [1.54, 1.807) is 0 Å². The number of ether oxygens (including phenoxy) is 2. The molecule has 0 aromatic heterocycles. The number of carbonyl (C=O) groups excluding carboxylic acids is 1. The first-order valence-electron chi connectivity index (χ1n) is 13.5. The predicted octanol–water partition coefficient (Wildman–Crippen LogP) is 5.76. The maximum atomic E-state index is 11.9. The van der Waals surface area contributed by atoms with Gasteiger partial charge in [-0.1, -0.05) is 84.1 Å². The number of carboxylic acids is 1. The molecule has 0 radical (unpaired) electrons. The van der Waals surface area contributed by atoms with Crippen LogP contribution in [0.2, 0.25) is 0 Å². The molecule has 0 saturated carbocycles. The van der Waals surface area contributed by atoms with Gasteiger partial charge < -0.3 is 25.2 Å². The minimum absolute atomic E-state index is 0.129. The van der Waals surface area contributed by atoms with E-state index in [4.69, 9.17) is 24.8 Å². The molecular weight excluding hydrogens is 501 g/mol. The molecule has 0 amide bonds. The van der Waals surface area contributed by atoms with Crippen LogP contribution in [0, 0.1) is 0 Å². The normalized spacial score (nSPS) is 14.1. The van der Waals surface area contributed by atoms with E-state index in [9.17, 15) is 19.0 Å². The van der Waals surface area contributed by atoms with Crippen molar-refractivity contribution in [2.24, 2.45) is 5.73 Å². The van der Waals surface area contributed by atoms with E-state index in [1.165, 1.54) is 52.1 Å². The SMILES string of the molecule is C=CCCCCCCCC(=O)OC[C@@H](COC)OP(=O)(O)OC[C@H](N)C(=O)O.CCCCCCCCC. The lowest BCUT2D eigenvalue weighted by molar-refractivity contribution is -0.147. The van der Waals surface area contributed by atoms with E-state index in [2.05, 4.69) is 25.0 Å². The van der Waals surface area contributed by atoms with Crippen molar-refractivity contribution >= 4 is 19.8 Å². The third-order valence-electron chi connectivity index (χ3n) is 5.30. The van der Waals surface area contributed by atoms with Gasteiger partial charge in [0.2, 0.25) is 0 Å². The van der Waals surface area contributed by atoms with Gasteiger partial charge in [-0.15, -0.1) is 6.58 Å². The van der Waals surface area contributed by atoms with Gasteiger partial charge in [0.05, 0.1) is 13.2 Å². The molecular formula is C26H52NO9P. The molecule has 0 spiro atoms. The predicted molar refractivity (Wildman–Crippen MR) is 145 cm³/mol. The van der Waals surface area contributed by atoms with E-state index in [0.717, 1.165) is 32.1 Å². The standard InChI is InChI=1S/C17H32NO9P.C9H20/c1-3-4-5-6-7-8-9-10-16(19)25-12-14(11-24-2)27-28(22,23)26-13-15(18)17(20)21;1-3-5-7-9-8-6-4-2/h3,14-15H,1,4-13,18H2,2H3,(H,20,21)(H,22,23);3-9H2,1-2H3/t14-,15+;/m1./s1. The molecule has 3 atom stereocenters. The maximum Gasteiger partial charge on any atom is 0.472 e. The molecule has 4 N–H and O–H groups in total. The number of phosphoric ester groups is 1. The summed E-state index contributed by atoms with van der Waals surface area (Å²) in [4.78, 5) is 32.0. The molecule has 1 unspecified atom stereocenters. The number of carboxylic acid groups (broad SMARTS) is 1. The summed E-state index contributed by atoms with van der Waals surface area (Å²) < 4.78 is 31.2. The molecule has 0 aliphatic heterocycles. The van der Waals surface area contributed by atoms with Crippen LogP contribution in [0.1, 0.15) is 104 Å². The number of unbranched alkanes of at least 4 members (excludes halogenated alkanes) is 11. The van der Waals surface area contributed by atoms with Crippen molar-refractivity contribution in [2.45, 2.75) is 116 Å². The number of hydrogen-bond donors (Lipinski definition) is 3. The highest BCUT2D eigenvalue weighted by atomic mass is 31.2. The molecule has 0 aliphatic rings. The topological polar surface area (TPSA) is 155 Å². The Morgan fingerprint density at radius 2 is 1.46 bits per heavy atom. The summed E-state index contributed by atoms with van der Waals surface area (Å²) in [5, 5.41) is 8.63. The quantitative estimate of drug-likeness (QED) is 0.0581. The first-order chi connectivity index (χ1) is 17.6. The Morgan fingerprint density at radius 1 is 0.919 bits per heavy atom. The van der Waals surface area contributed by atoms with Crippen LogP contribution in [-0.2, 0) is 32.7 Å². The Hall–Kier alpha value is -1.29. The van der Waals surface area contributed by atoms with E-state index in [1.807, 2.05) is 6.08 Å². The van der Waals surface area contributed by atoms with Crippen molar-refractivity contribution in [2.75, 3.05) is 26.9 Å². The average Bonchev–Trinajstić information content (AvgIpc) is 2.85. The van der Waals surface area contributed by atoms with Crippen LogP contribution in [-0.4, -0.2) is 61.0 Å². The fraction of sp³-hybridized carbons (Fsp3) is 0.846. The Labute approximate surface area is 223 Å². The van der Waals surface area contributed by atoms with Gasteiger partial charge in [-0.2, -0.15) is 0 Å². The van der Waals surface area contributed by atoms with Gasteiger partial charge in [-0.05, 0) is 19.3 Å². The summed E-state index contributed by atoms with van der Waals surface area (Å²) in [7, 11) is -3.25. The second-order valence-electron chi connectivity index (χ2n) is 8.94. The molecule has 0 aliphatic carbocycles. The van der Waals surface area contributed by atoms with Crippen molar-refractivity contribution in [1.82, 2.24) is 0 Å². The number of nitrogens with two attached hydrogens (primary N) is 1. The van der Waals surface area contributed by atoms with Crippen LogP contribution in [0.25, 0.3) is 0 Å². The highest BCUT2D eigenvalue weighted by Crippen LogP contribution is 2.44. The smallest absolute Gasteiger partial charge is 0.472 e. The minimum Gasteiger partial charge on any atom is -0.480 e. The Kier molecular flexibility index (Phi) is 26.9. The highest BCUT2D eigenvalue weighted by Gasteiger charge is 2.29. The van der Waals surface area contributed by atoms with Crippen molar-refractivity contribution in [1.29, 1.82) is 0 Å². The van der Waals surface area contributed by atoms with Gasteiger partial charge >= 0.3 is 19.8 Å². The number of aliphatic carboxylic acids is 1. The maximum absolute atomic E-state index is 11.9. The van der Waals surface area contributed by atoms with Crippen LogP contribution < -0.4 is 5.73 Å². The molecule has 0 fully saturated rings. The lowest BCUT2D eigenvalue weighted by Crippen LogP contribution is -2.35. The molecule has 0 aromatic carbocycles. The molecule has 0 rings (SSSR count). The second-order valence-corrected chi connectivity index (χ2v) is 10.3. The highest BCUT2D eigenvalue weighted by molar-refractivity contribution is 7.47. The van der Waals surface area contributed by atoms with Gasteiger partial charge in [0.1, 0.15) is 18.8 Å². The van der Waals surface area contributed by atoms with Gasteiger partial charge in [0, 0.05) is 13.5 Å². The average molecular weight is 554 g/mol. The minimum atomic E-state index is -4.59. The van der Waals surface area contributed by atoms with Crippen molar-refractivity contribution in [3.05, 3.63) is 12.7 Å². The Bertz CT molecular complexity index is 613. The van der Waals surface area contributed by atoms with Gasteiger partial charge in [0.15, 0.2) is 0 Å². The van der Waals surface area contributed by atoms with Crippen LogP contribution in [0.4, 0.5) is 0 Å². The van der Waals surface area contributed by atoms with Crippen molar-refractivity contribution in [3.63, 3.8) is 0 Å². The molecule has 220 valence electrons. The first kappa shape index (κ1) is 37.9. The molecule has 37 heavy (non-hydrogen) atoms. The van der Waals surface area contributed by atoms with Crippen LogP contribution in [0.5, 0.6) is 0 Å². The molecule has 10 nitrogen and oxygen atoms in total. The third kappa shape index (κ3) is 27.6. The molecule has 0 saturated heterocycles. The van der Waals surface area contributed by atoms with Gasteiger partial charge in [-0.25, -0.2) is 4.57 Å². The van der Waals surface area contributed by atoms with Gasteiger partial charge in [0.25, 0.3) is 0 Å². The fourth-order valence-electron chi connectivity index (χ4n) is 3.14. The number of esters is 1. The number of allylic oxidation sites excluding steroid dienone is 1. The number of hydrogen-bond acceptors (Lipinski definition) is 8. The van der Waals surface area contributed by atoms with E-state index >= 15 is 0 Å². The number of rotatable bonds is 24. The van der Waals surface area contributed by atoms with Crippen molar-refractivity contribution < 1.29 is 42.7 Å². The Morgan fingerprint density at radius 3 is 1.97 bits per heavy atom. The first-order valence-corrected chi connectivity index (χ1v) is 15.0. The zero-order valence-electron chi connectivity index (χ0n) is 23.2. The number of phosphoric acid groups is 1. The fourth-order valence-corrected chi connectivity index (χ4v) is 4.04. The molecule has 0 heterocycles. The largest absolute Gasteiger partial charge is 0.480 e. The van der Waals surface area contributed by atoms with E-state index in [0.29, 0.717) is 6.42 Å². The van der Waals surface area contributed by atoms with Gasteiger partial charge in [-0.3, -0.25) is 18.6 Å². The molecule has 11 heteroatoms. The Balaban J connectivity index is 0. The lowest BCUT2D eigenvalue weighted by atomic mass is 10.1. The summed E-state index contributed by atoms with van der Waals surface area (Å²) in [5.41, 5.74) is 5.19. The van der Waals surface area contributed by atoms with Crippen molar-refractivity contribution in [3.8, 4) is 0 Å². The summed E-state index contributed by atoms with van der Waals surface area (Å²) in [6.07, 6.45) is 16.8. The van der Waals surface area contributed by atoms with Crippen LogP contribution in [0.15, 0.2) is 12.7 Å². The zero-order valence-corrected chi connectivity index (χ0v) is 24.1. The number of methoxy groups -OCH3 is 1. The summed E-state index contributed by atoms with van der Waals surface area (Å²) in [5.74, 6) is -1.83. The summed E-state index contributed by atoms with van der Waals surface area (Å²) >= 11 is 0. The monoisotopic (exact) mass is 553 g/mol. The molecule has 0 aromatic rings. The molecule has 0 bridgehead atoms. The second kappa shape index (κ2) is 26.3. The zero-order chi connectivity index (χ0) is 28.4. The number of carbonyl (C=O) groups is 2.